The molecule has 0 saturated carbocycles. The van der Waals surface area contributed by atoms with Crippen LogP contribution in [0.25, 0.3) is 0 Å². The predicted molar refractivity (Wildman–Crippen MR) is 80.7 cm³/mol. The summed E-state index contributed by atoms with van der Waals surface area (Å²) in [5.41, 5.74) is 1.22. The highest BCUT2D eigenvalue weighted by atomic mass is 79.9. The Hall–Kier alpha value is 0.140. The fourth-order valence-corrected chi connectivity index (χ4v) is 2.67. The normalized spacial score (nSPS) is 14.9. The second-order valence-corrected chi connectivity index (χ2v) is 6.33. The summed E-state index contributed by atoms with van der Waals surface area (Å²) in [5, 5.41) is 0.830. The zero-order valence-corrected chi connectivity index (χ0v) is 13.8. The van der Waals surface area contributed by atoms with Gasteiger partial charge in [0.25, 0.3) is 0 Å². The van der Waals surface area contributed by atoms with Crippen molar-refractivity contribution in [3.05, 3.63) is 34.3 Å². The first kappa shape index (κ1) is 15.2. The summed E-state index contributed by atoms with van der Waals surface area (Å²) in [7, 11) is 0. The molecule has 0 aliphatic heterocycles. The number of rotatable bonds is 6. The van der Waals surface area contributed by atoms with E-state index >= 15 is 0 Å². The molecule has 0 aliphatic rings. The predicted octanol–water partition coefficient (Wildman–Crippen LogP) is 5.34. The van der Waals surface area contributed by atoms with Crippen molar-refractivity contribution in [1.29, 1.82) is 0 Å². The quantitative estimate of drug-likeness (QED) is 0.620. The molecule has 3 heteroatoms. The van der Waals surface area contributed by atoms with Crippen LogP contribution in [0.3, 0.4) is 0 Å². The topological polar surface area (TPSA) is 9.23 Å². The number of ether oxygens (including phenoxy) is 1. The van der Waals surface area contributed by atoms with Crippen LogP contribution in [-0.2, 0) is 4.74 Å². The summed E-state index contributed by atoms with van der Waals surface area (Å²) < 4.78 is 7.18. The minimum atomic E-state index is 0.136. The van der Waals surface area contributed by atoms with Crippen LogP contribution in [0.4, 0.5) is 0 Å². The standard InChI is InChI=1S/C14H20Br2O/c1-10(2)8-11(3)17-14(9-15)12-4-6-13(16)7-5-12/h4-7,10-11,14H,8-9H2,1-3H3. The molecular formula is C14H20Br2O. The van der Waals surface area contributed by atoms with E-state index in [1.165, 1.54) is 5.56 Å². The first-order valence-electron chi connectivity index (χ1n) is 5.99. The largest absolute Gasteiger partial charge is 0.370 e. The van der Waals surface area contributed by atoms with E-state index < -0.39 is 0 Å². The van der Waals surface area contributed by atoms with E-state index in [1.54, 1.807) is 0 Å². The maximum Gasteiger partial charge on any atom is 0.0925 e. The van der Waals surface area contributed by atoms with Crippen molar-refractivity contribution in [2.24, 2.45) is 5.92 Å². The summed E-state index contributed by atoms with van der Waals surface area (Å²) in [6.07, 6.45) is 1.53. The molecule has 96 valence electrons. The van der Waals surface area contributed by atoms with Crippen molar-refractivity contribution in [2.75, 3.05) is 5.33 Å². The average molecular weight is 364 g/mol. The zero-order valence-electron chi connectivity index (χ0n) is 10.6. The third kappa shape index (κ3) is 5.54. The Morgan fingerprint density at radius 1 is 1.12 bits per heavy atom. The molecule has 2 unspecified atom stereocenters. The lowest BCUT2D eigenvalue weighted by molar-refractivity contribution is -0.0000132. The molecule has 0 aromatic heterocycles. The number of hydrogen-bond acceptors (Lipinski definition) is 1. The molecular weight excluding hydrogens is 344 g/mol. The highest BCUT2D eigenvalue weighted by Gasteiger charge is 2.15. The smallest absolute Gasteiger partial charge is 0.0925 e. The Morgan fingerprint density at radius 2 is 1.71 bits per heavy atom. The molecule has 1 aromatic carbocycles. The van der Waals surface area contributed by atoms with Crippen molar-refractivity contribution in [3.8, 4) is 0 Å². The second-order valence-electron chi connectivity index (χ2n) is 4.77. The van der Waals surface area contributed by atoms with Crippen LogP contribution in [0.5, 0.6) is 0 Å². The maximum atomic E-state index is 6.07. The van der Waals surface area contributed by atoms with Gasteiger partial charge in [-0.3, -0.25) is 0 Å². The Labute approximate surface area is 121 Å². The zero-order chi connectivity index (χ0) is 12.8. The summed E-state index contributed by atoms with van der Waals surface area (Å²) in [6.45, 7) is 6.60. The molecule has 0 saturated heterocycles. The van der Waals surface area contributed by atoms with Crippen LogP contribution in [0.1, 0.15) is 38.9 Å². The van der Waals surface area contributed by atoms with Gasteiger partial charge in [-0.15, -0.1) is 0 Å². The SMILES string of the molecule is CC(C)CC(C)OC(CBr)c1ccc(Br)cc1. The van der Waals surface area contributed by atoms with Crippen LogP contribution in [-0.4, -0.2) is 11.4 Å². The average Bonchev–Trinajstić information content (AvgIpc) is 2.26. The minimum absolute atomic E-state index is 0.136. The van der Waals surface area contributed by atoms with Gasteiger partial charge in [-0.2, -0.15) is 0 Å². The van der Waals surface area contributed by atoms with Crippen molar-refractivity contribution in [2.45, 2.75) is 39.4 Å². The highest BCUT2D eigenvalue weighted by molar-refractivity contribution is 9.10. The lowest BCUT2D eigenvalue weighted by atomic mass is 10.1. The molecule has 1 rings (SSSR count). The number of halogens is 2. The van der Waals surface area contributed by atoms with Crippen LogP contribution < -0.4 is 0 Å². The molecule has 0 N–H and O–H groups in total. The van der Waals surface area contributed by atoms with Gasteiger partial charge in [-0.05, 0) is 37.0 Å². The maximum absolute atomic E-state index is 6.07. The Balaban J connectivity index is 2.62. The van der Waals surface area contributed by atoms with Gasteiger partial charge >= 0.3 is 0 Å². The summed E-state index contributed by atoms with van der Waals surface area (Å²) >= 11 is 6.98. The van der Waals surface area contributed by atoms with Gasteiger partial charge in [0.1, 0.15) is 0 Å². The molecule has 0 spiro atoms. The molecule has 0 bridgehead atoms. The fourth-order valence-electron chi connectivity index (χ4n) is 1.88. The monoisotopic (exact) mass is 362 g/mol. The summed E-state index contributed by atoms with van der Waals surface area (Å²) in [4.78, 5) is 0. The lowest BCUT2D eigenvalue weighted by Gasteiger charge is -2.22. The minimum Gasteiger partial charge on any atom is -0.370 e. The number of benzene rings is 1. The van der Waals surface area contributed by atoms with Crippen LogP contribution in [0, 0.1) is 5.92 Å². The first-order chi connectivity index (χ1) is 8.02. The lowest BCUT2D eigenvalue weighted by Crippen LogP contribution is -2.16. The second kappa shape index (κ2) is 7.55. The summed E-state index contributed by atoms with van der Waals surface area (Å²) in [5.74, 6) is 0.672. The van der Waals surface area contributed by atoms with E-state index in [2.05, 4.69) is 76.9 Å². The third-order valence-corrected chi connectivity index (χ3v) is 3.70. The molecule has 17 heavy (non-hydrogen) atoms. The molecule has 0 radical (unpaired) electrons. The van der Waals surface area contributed by atoms with E-state index in [0.29, 0.717) is 12.0 Å². The summed E-state index contributed by atoms with van der Waals surface area (Å²) in [6, 6.07) is 8.33. The molecule has 0 amide bonds. The van der Waals surface area contributed by atoms with Crippen LogP contribution in [0.15, 0.2) is 28.7 Å². The van der Waals surface area contributed by atoms with Crippen molar-refractivity contribution < 1.29 is 4.74 Å². The Kier molecular flexibility index (Phi) is 6.75. The Bertz CT molecular complexity index is 321. The molecule has 1 aromatic rings. The van der Waals surface area contributed by atoms with Crippen LogP contribution >= 0.6 is 31.9 Å². The van der Waals surface area contributed by atoms with Gasteiger partial charge in [0.15, 0.2) is 0 Å². The molecule has 2 atom stereocenters. The van der Waals surface area contributed by atoms with Crippen molar-refractivity contribution in [3.63, 3.8) is 0 Å². The molecule has 1 nitrogen and oxygen atoms in total. The van der Waals surface area contributed by atoms with Gasteiger partial charge in [0.05, 0.1) is 12.2 Å². The van der Waals surface area contributed by atoms with Crippen LogP contribution in [0.2, 0.25) is 0 Å². The van der Waals surface area contributed by atoms with E-state index in [-0.39, 0.29) is 6.10 Å². The van der Waals surface area contributed by atoms with Gasteiger partial charge in [-0.25, -0.2) is 0 Å². The number of hydrogen-bond donors (Lipinski definition) is 0. The van der Waals surface area contributed by atoms with Crippen molar-refractivity contribution in [1.82, 2.24) is 0 Å². The van der Waals surface area contributed by atoms with Gasteiger partial charge in [0, 0.05) is 9.80 Å². The first-order valence-corrected chi connectivity index (χ1v) is 7.91. The fraction of sp³-hybridized carbons (Fsp3) is 0.571. The molecule has 0 fully saturated rings. The third-order valence-electron chi connectivity index (χ3n) is 2.58. The van der Waals surface area contributed by atoms with E-state index in [4.69, 9.17) is 4.74 Å². The molecule has 0 heterocycles. The molecule has 0 aliphatic carbocycles. The highest BCUT2D eigenvalue weighted by Crippen LogP contribution is 2.24. The number of alkyl halides is 1. The van der Waals surface area contributed by atoms with E-state index in [1.807, 2.05) is 0 Å². The van der Waals surface area contributed by atoms with E-state index in [0.717, 1.165) is 16.2 Å². The van der Waals surface area contributed by atoms with Crippen molar-refractivity contribution >= 4 is 31.9 Å². The van der Waals surface area contributed by atoms with E-state index in [9.17, 15) is 0 Å². The van der Waals surface area contributed by atoms with Gasteiger partial charge < -0.3 is 4.74 Å². The Morgan fingerprint density at radius 3 is 2.18 bits per heavy atom. The van der Waals surface area contributed by atoms with Gasteiger partial charge in [-0.1, -0.05) is 57.8 Å². The van der Waals surface area contributed by atoms with Gasteiger partial charge in [0.2, 0.25) is 0 Å².